The topological polar surface area (TPSA) is 66.8 Å². The predicted octanol–water partition coefficient (Wildman–Crippen LogP) is 2.25. The first-order valence-electron chi connectivity index (χ1n) is 4.92. The fourth-order valence-electron chi connectivity index (χ4n) is 1.58. The summed E-state index contributed by atoms with van der Waals surface area (Å²) in [5.74, 6) is -1.15. The van der Waals surface area contributed by atoms with E-state index < -0.39 is 17.7 Å². The molecule has 0 aliphatic carbocycles. The lowest BCUT2D eigenvalue weighted by molar-refractivity contribution is -0.152. The summed E-state index contributed by atoms with van der Waals surface area (Å²) in [6.07, 6.45) is -0.641. The lowest BCUT2D eigenvalue weighted by Crippen LogP contribution is -2.39. The molecule has 0 saturated carbocycles. The number of hydrogen-bond acceptors (Lipinski definition) is 3. The monoisotopic (exact) mass is 299 g/mol. The average Bonchev–Trinajstić information content (AvgIpc) is 2.57. The number of ether oxygens (including phenoxy) is 1. The van der Waals surface area contributed by atoms with Gasteiger partial charge < -0.3 is 9.84 Å². The molecule has 90 valence electrons. The van der Waals surface area contributed by atoms with Gasteiger partial charge in [-0.3, -0.25) is 4.90 Å². The number of amides is 1. The second-order valence-electron chi connectivity index (χ2n) is 3.97. The van der Waals surface area contributed by atoms with Gasteiger partial charge in [0.2, 0.25) is 5.60 Å². The lowest BCUT2D eigenvalue weighted by Gasteiger charge is -2.16. The summed E-state index contributed by atoms with van der Waals surface area (Å²) in [7, 11) is 0. The highest BCUT2D eigenvalue weighted by atomic mass is 79.9. The second kappa shape index (κ2) is 4.03. The summed E-state index contributed by atoms with van der Waals surface area (Å²) < 4.78 is 5.77. The molecule has 1 saturated heterocycles. The van der Waals surface area contributed by atoms with E-state index in [0.717, 1.165) is 4.47 Å². The third-order valence-corrected chi connectivity index (χ3v) is 3.11. The fraction of sp³-hybridized carbons (Fsp3) is 0.273. The zero-order chi connectivity index (χ0) is 12.6. The highest BCUT2D eigenvalue weighted by molar-refractivity contribution is 9.10. The molecular weight excluding hydrogens is 290 g/mol. The number of halogens is 1. The van der Waals surface area contributed by atoms with E-state index in [2.05, 4.69) is 15.9 Å². The second-order valence-corrected chi connectivity index (χ2v) is 4.88. The molecular formula is C11H10BrNO4. The molecule has 1 fully saturated rings. The van der Waals surface area contributed by atoms with Crippen LogP contribution in [0.4, 0.5) is 10.5 Å². The van der Waals surface area contributed by atoms with Crippen LogP contribution < -0.4 is 4.90 Å². The van der Waals surface area contributed by atoms with Crippen molar-refractivity contribution in [3.8, 4) is 0 Å². The number of carboxylic acid groups (broad SMARTS) is 1. The first-order chi connectivity index (χ1) is 7.92. The van der Waals surface area contributed by atoms with E-state index in [1.807, 2.05) is 0 Å². The number of anilines is 1. The van der Waals surface area contributed by atoms with Gasteiger partial charge in [0.1, 0.15) is 0 Å². The number of nitrogens with zero attached hydrogens (tertiary/aromatic N) is 1. The van der Waals surface area contributed by atoms with Gasteiger partial charge in [0.25, 0.3) is 0 Å². The van der Waals surface area contributed by atoms with E-state index in [-0.39, 0.29) is 6.54 Å². The van der Waals surface area contributed by atoms with Gasteiger partial charge in [-0.05, 0) is 31.2 Å². The van der Waals surface area contributed by atoms with E-state index in [1.54, 1.807) is 24.3 Å². The van der Waals surface area contributed by atoms with Gasteiger partial charge in [0.05, 0.1) is 6.54 Å². The van der Waals surface area contributed by atoms with Crippen LogP contribution in [-0.4, -0.2) is 29.3 Å². The smallest absolute Gasteiger partial charge is 0.415 e. The number of hydrogen-bond donors (Lipinski definition) is 1. The molecule has 17 heavy (non-hydrogen) atoms. The Bertz CT molecular complexity index is 473. The number of carboxylic acids is 1. The summed E-state index contributed by atoms with van der Waals surface area (Å²) in [4.78, 5) is 23.9. The van der Waals surface area contributed by atoms with Gasteiger partial charge in [-0.25, -0.2) is 9.59 Å². The molecule has 0 aromatic heterocycles. The number of rotatable bonds is 2. The van der Waals surface area contributed by atoms with Crippen molar-refractivity contribution in [2.45, 2.75) is 12.5 Å². The first kappa shape index (κ1) is 11.9. The number of cyclic esters (lactones) is 1. The summed E-state index contributed by atoms with van der Waals surface area (Å²) in [5, 5.41) is 8.99. The van der Waals surface area contributed by atoms with Crippen molar-refractivity contribution >= 4 is 33.7 Å². The molecule has 1 aromatic rings. The van der Waals surface area contributed by atoms with Crippen LogP contribution in [0.15, 0.2) is 28.7 Å². The number of benzene rings is 1. The summed E-state index contributed by atoms with van der Waals surface area (Å²) in [6, 6.07) is 7.00. The standard InChI is InChI=1S/C11H10BrNO4/c1-11(9(14)15)6-13(10(16)17-11)8-4-2-7(12)3-5-8/h2-5H,6H2,1H3,(H,14,15). The third-order valence-electron chi connectivity index (χ3n) is 2.58. The lowest BCUT2D eigenvalue weighted by atomic mass is 10.1. The van der Waals surface area contributed by atoms with Gasteiger partial charge in [0.15, 0.2) is 0 Å². The minimum Gasteiger partial charge on any atom is -0.478 e. The quantitative estimate of drug-likeness (QED) is 0.909. The summed E-state index contributed by atoms with van der Waals surface area (Å²) in [5.41, 5.74) is -0.868. The Morgan fingerprint density at radius 2 is 2.06 bits per heavy atom. The SMILES string of the molecule is CC1(C(=O)O)CN(c2ccc(Br)cc2)C(=O)O1. The van der Waals surface area contributed by atoms with Crippen LogP contribution >= 0.6 is 15.9 Å². The minimum atomic E-state index is -1.48. The maximum absolute atomic E-state index is 11.6. The van der Waals surface area contributed by atoms with Crippen molar-refractivity contribution in [1.29, 1.82) is 0 Å². The Balaban J connectivity index is 2.27. The van der Waals surface area contributed by atoms with Crippen molar-refractivity contribution in [2.75, 3.05) is 11.4 Å². The molecule has 1 heterocycles. The van der Waals surface area contributed by atoms with Crippen LogP contribution in [0.5, 0.6) is 0 Å². The van der Waals surface area contributed by atoms with Crippen LogP contribution in [0.25, 0.3) is 0 Å². The highest BCUT2D eigenvalue weighted by Gasteiger charge is 2.48. The van der Waals surface area contributed by atoms with E-state index >= 15 is 0 Å². The molecule has 5 nitrogen and oxygen atoms in total. The molecule has 1 N–H and O–H groups in total. The van der Waals surface area contributed by atoms with Crippen molar-refractivity contribution < 1.29 is 19.4 Å². The van der Waals surface area contributed by atoms with Crippen molar-refractivity contribution in [1.82, 2.24) is 0 Å². The van der Waals surface area contributed by atoms with Gasteiger partial charge in [-0.15, -0.1) is 0 Å². The molecule has 0 bridgehead atoms. The Kier molecular flexibility index (Phi) is 2.82. The normalized spacial score (nSPS) is 23.6. The van der Waals surface area contributed by atoms with E-state index in [9.17, 15) is 9.59 Å². The summed E-state index contributed by atoms with van der Waals surface area (Å²) in [6.45, 7) is 1.38. The van der Waals surface area contributed by atoms with Crippen LogP contribution in [0.1, 0.15) is 6.92 Å². The Labute approximate surface area is 106 Å². The van der Waals surface area contributed by atoms with E-state index in [1.165, 1.54) is 11.8 Å². The molecule has 2 rings (SSSR count). The zero-order valence-corrected chi connectivity index (χ0v) is 10.6. The zero-order valence-electron chi connectivity index (χ0n) is 9.01. The molecule has 1 atom stereocenters. The Morgan fingerprint density at radius 1 is 1.47 bits per heavy atom. The van der Waals surface area contributed by atoms with Crippen LogP contribution in [-0.2, 0) is 9.53 Å². The van der Waals surface area contributed by atoms with Crippen LogP contribution in [0.2, 0.25) is 0 Å². The largest absolute Gasteiger partial charge is 0.478 e. The predicted molar refractivity (Wildman–Crippen MR) is 64.0 cm³/mol. The highest BCUT2D eigenvalue weighted by Crippen LogP contribution is 2.28. The van der Waals surface area contributed by atoms with Crippen LogP contribution in [0, 0.1) is 0 Å². The molecule has 0 radical (unpaired) electrons. The molecule has 0 spiro atoms. The van der Waals surface area contributed by atoms with Crippen molar-refractivity contribution in [3.63, 3.8) is 0 Å². The van der Waals surface area contributed by atoms with Crippen molar-refractivity contribution in [3.05, 3.63) is 28.7 Å². The average molecular weight is 300 g/mol. The van der Waals surface area contributed by atoms with Gasteiger partial charge in [0, 0.05) is 10.2 Å². The number of carbonyl (C=O) groups is 2. The number of aliphatic carboxylic acids is 1. The maximum Gasteiger partial charge on any atom is 0.415 e. The molecule has 1 aliphatic rings. The van der Waals surface area contributed by atoms with Gasteiger partial charge >= 0.3 is 12.1 Å². The molecule has 1 aliphatic heterocycles. The van der Waals surface area contributed by atoms with Crippen molar-refractivity contribution in [2.24, 2.45) is 0 Å². The molecule has 6 heteroatoms. The molecule has 1 amide bonds. The molecule has 1 unspecified atom stereocenters. The van der Waals surface area contributed by atoms with Crippen LogP contribution in [0.3, 0.4) is 0 Å². The Hall–Kier alpha value is -1.56. The number of carbonyl (C=O) groups excluding carboxylic acids is 1. The van der Waals surface area contributed by atoms with E-state index in [4.69, 9.17) is 9.84 Å². The third kappa shape index (κ3) is 2.12. The first-order valence-corrected chi connectivity index (χ1v) is 5.71. The molecule has 1 aromatic carbocycles. The van der Waals surface area contributed by atoms with E-state index in [0.29, 0.717) is 5.69 Å². The van der Waals surface area contributed by atoms with Gasteiger partial charge in [-0.1, -0.05) is 15.9 Å². The fourth-order valence-corrected chi connectivity index (χ4v) is 1.84. The summed E-state index contributed by atoms with van der Waals surface area (Å²) >= 11 is 3.29. The van der Waals surface area contributed by atoms with Gasteiger partial charge in [-0.2, -0.15) is 0 Å². The minimum absolute atomic E-state index is 0.00278. The Morgan fingerprint density at radius 3 is 2.53 bits per heavy atom. The maximum atomic E-state index is 11.6.